The summed E-state index contributed by atoms with van der Waals surface area (Å²) in [4.78, 5) is 30.3. The molecule has 0 bridgehead atoms. The first kappa shape index (κ1) is 19.9. The standard InChI is InChI=1S/C24H25N3O3/c1-3-18-19-8-4-5-9-20(19)30-21(18)15-27(2)23(29)12-11-16-13-17-7-6-10-22(28)26-24(17)25-14-16/h4-5,8-9,11-14H,3,6-7,10,15H2,1-2H3,(H,25,26,28)/b12-11+. The molecule has 1 aliphatic rings. The van der Waals surface area contributed by atoms with Crippen LogP contribution in [0.1, 0.15) is 42.2 Å². The molecule has 0 radical (unpaired) electrons. The molecule has 3 aromatic rings. The molecule has 0 atom stereocenters. The smallest absolute Gasteiger partial charge is 0.246 e. The molecule has 0 spiro atoms. The number of rotatable bonds is 5. The topological polar surface area (TPSA) is 75.4 Å². The number of fused-ring (bicyclic) bond motifs is 2. The van der Waals surface area contributed by atoms with Gasteiger partial charge in [0.2, 0.25) is 11.8 Å². The predicted molar refractivity (Wildman–Crippen MR) is 117 cm³/mol. The van der Waals surface area contributed by atoms with Crippen LogP contribution in [0, 0.1) is 0 Å². The highest BCUT2D eigenvalue weighted by atomic mass is 16.3. The minimum absolute atomic E-state index is 0.00150. The second kappa shape index (κ2) is 8.53. The van der Waals surface area contributed by atoms with Crippen LogP contribution in [0.15, 0.2) is 47.0 Å². The number of carbonyl (C=O) groups excluding carboxylic acids is 2. The van der Waals surface area contributed by atoms with Crippen LogP contribution in [0.25, 0.3) is 17.0 Å². The Morgan fingerprint density at radius 3 is 2.97 bits per heavy atom. The molecular weight excluding hydrogens is 378 g/mol. The van der Waals surface area contributed by atoms with Crippen LogP contribution in [-0.4, -0.2) is 28.7 Å². The van der Waals surface area contributed by atoms with Crippen molar-refractivity contribution in [3.63, 3.8) is 0 Å². The third kappa shape index (κ3) is 4.13. The number of aromatic nitrogens is 1. The van der Waals surface area contributed by atoms with Crippen LogP contribution in [0.3, 0.4) is 0 Å². The summed E-state index contributed by atoms with van der Waals surface area (Å²) >= 11 is 0. The summed E-state index contributed by atoms with van der Waals surface area (Å²) in [5.74, 6) is 1.33. The summed E-state index contributed by atoms with van der Waals surface area (Å²) in [6.45, 7) is 2.51. The molecule has 2 amide bonds. The summed E-state index contributed by atoms with van der Waals surface area (Å²) < 4.78 is 5.99. The van der Waals surface area contributed by atoms with Crippen LogP contribution in [-0.2, 0) is 29.0 Å². The second-order valence-electron chi connectivity index (χ2n) is 7.56. The fourth-order valence-corrected chi connectivity index (χ4v) is 3.81. The summed E-state index contributed by atoms with van der Waals surface area (Å²) in [5, 5.41) is 3.93. The number of hydrogen-bond donors (Lipinski definition) is 1. The Balaban J connectivity index is 1.47. The first-order valence-corrected chi connectivity index (χ1v) is 10.3. The number of nitrogens with zero attached hydrogens (tertiary/aromatic N) is 2. The monoisotopic (exact) mass is 403 g/mol. The zero-order chi connectivity index (χ0) is 21.1. The van der Waals surface area contributed by atoms with Gasteiger partial charge in [-0.1, -0.05) is 25.1 Å². The van der Waals surface area contributed by atoms with E-state index in [2.05, 4.69) is 23.3 Å². The summed E-state index contributed by atoms with van der Waals surface area (Å²) in [6.07, 6.45) is 7.93. The third-order valence-corrected chi connectivity index (χ3v) is 5.41. The molecule has 0 saturated heterocycles. The molecule has 0 saturated carbocycles. The van der Waals surface area contributed by atoms with Gasteiger partial charge in [0, 0.05) is 36.7 Å². The van der Waals surface area contributed by atoms with Crippen LogP contribution in [0.4, 0.5) is 5.82 Å². The van der Waals surface area contributed by atoms with Crippen molar-refractivity contribution in [2.24, 2.45) is 0 Å². The van der Waals surface area contributed by atoms with Crippen LogP contribution >= 0.6 is 0 Å². The van der Waals surface area contributed by atoms with E-state index in [4.69, 9.17) is 4.42 Å². The first-order valence-electron chi connectivity index (χ1n) is 10.3. The van der Waals surface area contributed by atoms with E-state index in [0.717, 1.165) is 52.7 Å². The lowest BCUT2D eigenvalue weighted by Crippen LogP contribution is -2.24. The van der Waals surface area contributed by atoms with E-state index in [0.29, 0.717) is 18.8 Å². The average Bonchev–Trinajstić information content (AvgIpc) is 2.98. The van der Waals surface area contributed by atoms with Gasteiger partial charge in [-0.3, -0.25) is 9.59 Å². The Kier molecular flexibility index (Phi) is 5.65. The van der Waals surface area contributed by atoms with Gasteiger partial charge in [0.25, 0.3) is 0 Å². The highest BCUT2D eigenvalue weighted by Crippen LogP contribution is 2.27. The van der Waals surface area contributed by atoms with Crippen molar-refractivity contribution in [3.05, 3.63) is 65.1 Å². The number of hydrogen-bond acceptors (Lipinski definition) is 4. The Morgan fingerprint density at radius 2 is 2.13 bits per heavy atom. The van der Waals surface area contributed by atoms with Crippen molar-refractivity contribution in [1.29, 1.82) is 0 Å². The van der Waals surface area contributed by atoms with Crippen molar-refractivity contribution in [2.75, 3.05) is 12.4 Å². The minimum atomic E-state index is -0.110. The van der Waals surface area contributed by atoms with Crippen molar-refractivity contribution in [1.82, 2.24) is 9.88 Å². The molecule has 3 heterocycles. The van der Waals surface area contributed by atoms with Crippen LogP contribution in [0.2, 0.25) is 0 Å². The van der Waals surface area contributed by atoms with Crippen molar-refractivity contribution in [2.45, 2.75) is 39.2 Å². The van der Waals surface area contributed by atoms with Gasteiger partial charge in [0.05, 0.1) is 6.54 Å². The van der Waals surface area contributed by atoms with E-state index < -0.39 is 0 Å². The van der Waals surface area contributed by atoms with E-state index in [1.165, 1.54) is 0 Å². The minimum Gasteiger partial charge on any atom is -0.459 e. The van der Waals surface area contributed by atoms with Crippen molar-refractivity contribution in [3.8, 4) is 0 Å². The second-order valence-corrected chi connectivity index (χ2v) is 7.56. The molecule has 1 N–H and O–H groups in total. The Labute approximate surface area is 175 Å². The van der Waals surface area contributed by atoms with E-state index in [1.807, 2.05) is 24.3 Å². The third-order valence-electron chi connectivity index (χ3n) is 5.41. The lowest BCUT2D eigenvalue weighted by Gasteiger charge is -2.14. The van der Waals surface area contributed by atoms with Crippen molar-refractivity contribution < 1.29 is 14.0 Å². The molecule has 1 aromatic carbocycles. The molecule has 6 nitrogen and oxygen atoms in total. The van der Waals surface area contributed by atoms with Gasteiger partial charge in [0.1, 0.15) is 17.2 Å². The Bertz CT molecular complexity index is 1130. The first-order chi connectivity index (χ1) is 14.5. The van der Waals surface area contributed by atoms with E-state index in [-0.39, 0.29) is 11.8 Å². The number of para-hydroxylation sites is 1. The van der Waals surface area contributed by atoms with Gasteiger partial charge in [-0.2, -0.15) is 0 Å². The number of amides is 2. The fraction of sp³-hybridized carbons (Fsp3) is 0.292. The number of furan rings is 1. The largest absolute Gasteiger partial charge is 0.459 e. The summed E-state index contributed by atoms with van der Waals surface area (Å²) in [6, 6.07) is 9.93. The molecule has 154 valence electrons. The van der Waals surface area contributed by atoms with E-state index in [1.54, 1.807) is 30.3 Å². The number of likely N-dealkylation sites (N-methyl/N-ethyl adjacent to an activating group) is 1. The number of carbonyl (C=O) groups is 2. The maximum absolute atomic E-state index is 12.6. The maximum atomic E-state index is 12.6. The molecule has 0 aliphatic carbocycles. The molecule has 4 rings (SSSR count). The molecule has 0 fully saturated rings. The van der Waals surface area contributed by atoms with Gasteiger partial charge in [0.15, 0.2) is 0 Å². The number of aryl methyl sites for hydroxylation is 2. The van der Waals surface area contributed by atoms with E-state index in [9.17, 15) is 9.59 Å². The lowest BCUT2D eigenvalue weighted by atomic mass is 10.1. The molecule has 0 unspecified atom stereocenters. The zero-order valence-electron chi connectivity index (χ0n) is 17.3. The summed E-state index contributed by atoms with van der Waals surface area (Å²) in [7, 11) is 1.77. The van der Waals surface area contributed by atoms with E-state index >= 15 is 0 Å². The molecule has 2 aromatic heterocycles. The quantitative estimate of drug-likeness (QED) is 0.643. The van der Waals surface area contributed by atoms with Crippen molar-refractivity contribution >= 4 is 34.7 Å². The lowest BCUT2D eigenvalue weighted by molar-refractivity contribution is -0.125. The van der Waals surface area contributed by atoms with Gasteiger partial charge >= 0.3 is 0 Å². The SMILES string of the molecule is CCc1c(CN(C)C(=O)/C=C/c2cnc3c(c2)CCCC(=O)N3)oc2ccccc12. The zero-order valence-corrected chi connectivity index (χ0v) is 17.3. The van der Waals surface area contributed by atoms with Gasteiger partial charge in [-0.05, 0) is 48.6 Å². The van der Waals surface area contributed by atoms with Gasteiger partial charge < -0.3 is 14.6 Å². The molecular formula is C24H25N3O3. The molecule has 6 heteroatoms. The number of benzene rings is 1. The number of anilines is 1. The molecule has 30 heavy (non-hydrogen) atoms. The maximum Gasteiger partial charge on any atom is 0.246 e. The Hall–Kier alpha value is -3.41. The van der Waals surface area contributed by atoms with Crippen LogP contribution < -0.4 is 5.32 Å². The summed E-state index contributed by atoms with van der Waals surface area (Å²) in [5.41, 5.74) is 3.83. The highest BCUT2D eigenvalue weighted by molar-refractivity contribution is 5.93. The molecule has 1 aliphatic heterocycles. The number of nitrogens with one attached hydrogen (secondary N) is 1. The number of pyridine rings is 1. The fourth-order valence-electron chi connectivity index (χ4n) is 3.81. The van der Waals surface area contributed by atoms with Gasteiger partial charge in [-0.15, -0.1) is 0 Å². The highest BCUT2D eigenvalue weighted by Gasteiger charge is 2.16. The average molecular weight is 403 g/mol. The Morgan fingerprint density at radius 1 is 1.30 bits per heavy atom. The van der Waals surface area contributed by atoms with Crippen LogP contribution in [0.5, 0.6) is 0 Å². The van der Waals surface area contributed by atoms with Gasteiger partial charge in [-0.25, -0.2) is 4.98 Å². The predicted octanol–water partition coefficient (Wildman–Crippen LogP) is 4.34. The normalized spacial score (nSPS) is 13.9.